The van der Waals surface area contributed by atoms with Crippen LogP contribution in [-0.2, 0) is 0 Å². The van der Waals surface area contributed by atoms with Gasteiger partial charge in [0.2, 0.25) is 5.91 Å². The first-order chi connectivity index (χ1) is 4.30. The van der Waals surface area contributed by atoms with Crippen molar-refractivity contribution in [3.63, 3.8) is 0 Å². The first-order valence-electron chi connectivity index (χ1n) is 2.65. The Balaban J connectivity index is 0.000000810. The molecule has 0 heterocycles. The van der Waals surface area contributed by atoms with Gasteiger partial charge in [-0.3, -0.25) is 4.79 Å². The third-order valence-corrected chi connectivity index (χ3v) is 1.06. The zero-order valence-corrected chi connectivity index (χ0v) is 9.00. The summed E-state index contributed by atoms with van der Waals surface area (Å²) in [6.45, 7) is 0. The van der Waals surface area contributed by atoms with Crippen LogP contribution in [-0.4, -0.2) is 5.91 Å². The first-order valence-corrected chi connectivity index (χ1v) is 2.65. The van der Waals surface area contributed by atoms with Gasteiger partial charge in [-0.05, 0) is 12.1 Å². The molecule has 2 nitrogen and oxygen atoms in total. The van der Waals surface area contributed by atoms with Crippen LogP contribution < -0.4 is 57.1 Å². The van der Waals surface area contributed by atoms with Crippen LogP contribution in [0.4, 0.5) is 0 Å². The van der Waals surface area contributed by atoms with Crippen molar-refractivity contribution in [1.29, 1.82) is 0 Å². The number of primary amides is 1. The molecule has 0 fully saturated rings. The molecule has 0 aliphatic heterocycles. The van der Waals surface area contributed by atoms with Crippen LogP contribution in [0, 0.1) is 0 Å². The Morgan fingerprint density at radius 3 is 2.00 bits per heavy atom. The van der Waals surface area contributed by atoms with E-state index in [9.17, 15) is 4.79 Å². The average Bonchev–Trinajstić information content (AvgIpc) is 1.90. The fraction of sp³-hybridized carbons (Fsp3) is 0. The number of carbonyl (C=O) groups excluding carboxylic acids is 1. The number of rotatable bonds is 1. The summed E-state index contributed by atoms with van der Waals surface area (Å²) in [7, 11) is 0. The van der Waals surface area contributed by atoms with Crippen LogP contribution >= 0.6 is 0 Å². The first kappa shape index (κ1) is 10.3. The second-order valence-electron chi connectivity index (χ2n) is 1.73. The Labute approximate surface area is 102 Å². The number of benzene rings is 1. The summed E-state index contributed by atoms with van der Waals surface area (Å²) in [6, 6.07) is 8.76. The van der Waals surface area contributed by atoms with E-state index in [0.717, 1.165) is 0 Å². The van der Waals surface area contributed by atoms with Crippen molar-refractivity contribution in [1.82, 2.24) is 0 Å². The molecule has 46 valence electrons. The van der Waals surface area contributed by atoms with Gasteiger partial charge in [-0.25, -0.2) is 0 Å². The van der Waals surface area contributed by atoms with E-state index in [2.05, 4.69) is 0 Å². The molecule has 1 rings (SSSR count). The Morgan fingerprint density at radius 1 is 1.20 bits per heavy atom. The molecule has 0 aliphatic rings. The van der Waals surface area contributed by atoms with Crippen molar-refractivity contribution in [2.24, 2.45) is 5.73 Å². The minimum absolute atomic E-state index is 0. The van der Waals surface area contributed by atoms with Crippen molar-refractivity contribution in [3.8, 4) is 0 Å². The van der Waals surface area contributed by atoms with Gasteiger partial charge in [0.25, 0.3) is 0 Å². The summed E-state index contributed by atoms with van der Waals surface area (Å²) < 4.78 is 0. The summed E-state index contributed by atoms with van der Waals surface area (Å²) in [5.74, 6) is -0.379. The van der Waals surface area contributed by atoms with Gasteiger partial charge >= 0.3 is 51.4 Å². The molecule has 0 aromatic heterocycles. The molecule has 1 aromatic carbocycles. The maximum absolute atomic E-state index is 10.4. The molecule has 2 N–H and O–H groups in total. The molecule has 10 heavy (non-hydrogen) atoms. The van der Waals surface area contributed by atoms with Gasteiger partial charge in [0.05, 0.1) is 0 Å². The normalized spacial score (nSPS) is 8.00. The van der Waals surface area contributed by atoms with Crippen LogP contribution in [0.3, 0.4) is 0 Å². The van der Waals surface area contributed by atoms with Crippen LogP contribution in [0.25, 0.3) is 0 Å². The molecule has 0 atom stereocenters. The number of nitrogens with two attached hydrogens (primary N) is 1. The van der Waals surface area contributed by atoms with Crippen molar-refractivity contribution in [3.05, 3.63) is 35.9 Å². The Bertz CT molecular complexity index is 210. The Morgan fingerprint density at radius 2 is 1.70 bits per heavy atom. The van der Waals surface area contributed by atoms with Crippen molar-refractivity contribution < 1.29 is 56.2 Å². The summed E-state index contributed by atoms with van der Waals surface area (Å²) in [6.07, 6.45) is 0. The van der Waals surface area contributed by atoms with Crippen LogP contribution in [0.15, 0.2) is 30.3 Å². The minimum Gasteiger partial charge on any atom is -0.366 e. The van der Waals surface area contributed by atoms with E-state index in [1.807, 2.05) is 6.07 Å². The predicted octanol–water partition coefficient (Wildman–Crippen LogP) is -2.21. The zero-order chi connectivity index (χ0) is 6.69. The van der Waals surface area contributed by atoms with E-state index in [4.69, 9.17) is 5.73 Å². The van der Waals surface area contributed by atoms with E-state index in [1.54, 1.807) is 24.3 Å². The quantitative estimate of drug-likeness (QED) is 0.465. The summed E-state index contributed by atoms with van der Waals surface area (Å²) in [5, 5.41) is 0. The molecular weight excluding hydrogens is 153 g/mol. The van der Waals surface area contributed by atoms with Crippen molar-refractivity contribution in [2.45, 2.75) is 0 Å². The Hall–Kier alpha value is 0.326. The van der Waals surface area contributed by atoms with Gasteiger partial charge < -0.3 is 5.73 Å². The smallest absolute Gasteiger partial charge is 0.366 e. The van der Waals surface area contributed by atoms with E-state index in [1.165, 1.54) is 0 Å². The second-order valence-corrected chi connectivity index (χ2v) is 1.73. The molecule has 0 saturated carbocycles. The average molecular weight is 160 g/mol. The minimum atomic E-state index is -0.379. The molecule has 1 aromatic rings. The van der Waals surface area contributed by atoms with Crippen molar-refractivity contribution >= 4 is 5.91 Å². The monoisotopic (exact) mass is 160 g/mol. The molecule has 0 spiro atoms. The summed E-state index contributed by atoms with van der Waals surface area (Å²) >= 11 is 0. The summed E-state index contributed by atoms with van der Waals surface area (Å²) in [4.78, 5) is 10.4. The number of amides is 1. The molecule has 0 aliphatic carbocycles. The molecule has 0 saturated heterocycles. The molecule has 0 radical (unpaired) electrons. The standard InChI is InChI=1S/C7H7NO.K/c8-7(9)6-4-2-1-3-5-6;/h1-5H,(H2,8,9);/q;+1. The fourth-order valence-corrected chi connectivity index (χ4v) is 0.602. The SMILES string of the molecule is NC(=O)c1ccccc1.[K+]. The predicted molar refractivity (Wildman–Crippen MR) is 35.0 cm³/mol. The van der Waals surface area contributed by atoms with E-state index in [0.29, 0.717) is 5.56 Å². The second kappa shape index (κ2) is 5.04. The molecule has 0 bridgehead atoms. The van der Waals surface area contributed by atoms with Gasteiger partial charge in [-0.15, -0.1) is 0 Å². The van der Waals surface area contributed by atoms with E-state index < -0.39 is 0 Å². The zero-order valence-electron chi connectivity index (χ0n) is 5.87. The number of hydrogen-bond donors (Lipinski definition) is 1. The summed E-state index contributed by atoms with van der Waals surface area (Å²) in [5.41, 5.74) is 5.53. The maximum atomic E-state index is 10.4. The Kier molecular flexibility index (Phi) is 5.20. The number of carbonyl (C=O) groups is 1. The van der Waals surface area contributed by atoms with Crippen LogP contribution in [0.2, 0.25) is 0 Å². The van der Waals surface area contributed by atoms with Gasteiger partial charge in [-0.1, -0.05) is 18.2 Å². The molecular formula is C7H7KNO+. The molecule has 1 amide bonds. The maximum Gasteiger partial charge on any atom is 1.00 e. The fourth-order valence-electron chi connectivity index (χ4n) is 0.602. The van der Waals surface area contributed by atoms with Crippen molar-refractivity contribution in [2.75, 3.05) is 0 Å². The van der Waals surface area contributed by atoms with Crippen LogP contribution in [0.1, 0.15) is 10.4 Å². The van der Waals surface area contributed by atoms with Gasteiger partial charge in [0, 0.05) is 5.56 Å². The molecule has 3 heteroatoms. The van der Waals surface area contributed by atoms with Gasteiger partial charge in [0.1, 0.15) is 0 Å². The number of hydrogen-bond acceptors (Lipinski definition) is 1. The van der Waals surface area contributed by atoms with Crippen LogP contribution in [0.5, 0.6) is 0 Å². The van der Waals surface area contributed by atoms with Gasteiger partial charge in [0.15, 0.2) is 0 Å². The van der Waals surface area contributed by atoms with E-state index in [-0.39, 0.29) is 57.3 Å². The third-order valence-electron chi connectivity index (χ3n) is 1.06. The van der Waals surface area contributed by atoms with E-state index >= 15 is 0 Å². The third kappa shape index (κ3) is 2.94. The van der Waals surface area contributed by atoms with Gasteiger partial charge in [-0.2, -0.15) is 0 Å². The molecule has 0 unspecified atom stereocenters. The largest absolute Gasteiger partial charge is 1.00 e. The topological polar surface area (TPSA) is 43.1 Å².